The van der Waals surface area contributed by atoms with E-state index in [2.05, 4.69) is 46.3 Å². The van der Waals surface area contributed by atoms with Gasteiger partial charge in [-0.2, -0.15) is 0 Å². The third-order valence-electron chi connectivity index (χ3n) is 4.76. The summed E-state index contributed by atoms with van der Waals surface area (Å²) in [5.74, 6) is 1.07. The first kappa shape index (κ1) is 20.5. The van der Waals surface area contributed by atoms with E-state index in [0.29, 0.717) is 0 Å². The Hall–Kier alpha value is -0.860. The zero-order valence-electron chi connectivity index (χ0n) is 15.2. The maximum absolute atomic E-state index is 5.45. The predicted octanol–water partition coefficient (Wildman–Crippen LogP) is 2.70. The van der Waals surface area contributed by atoms with E-state index >= 15 is 0 Å². The number of aliphatic imine (C=N–C) groups is 1. The van der Waals surface area contributed by atoms with E-state index in [-0.39, 0.29) is 24.0 Å². The molecule has 140 valence electrons. The molecule has 5 nitrogen and oxygen atoms in total. The lowest BCUT2D eigenvalue weighted by molar-refractivity contribution is 0.0341. The van der Waals surface area contributed by atoms with Crippen molar-refractivity contribution in [3.8, 4) is 0 Å². The Bertz CT molecular complexity index is 540. The van der Waals surface area contributed by atoms with Crippen molar-refractivity contribution in [2.24, 2.45) is 4.99 Å². The molecule has 6 heteroatoms. The van der Waals surface area contributed by atoms with E-state index in [1.54, 1.807) is 0 Å². The molecule has 0 amide bonds. The van der Waals surface area contributed by atoms with E-state index in [9.17, 15) is 0 Å². The fourth-order valence-electron chi connectivity index (χ4n) is 3.38. The number of benzene rings is 1. The molecule has 1 aromatic rings. The molecule has 0 spiro atoms. The van der Waals surface area contributed by atoms with Crippen LogP contribution in [-0.4, -0.2) is 61.7 Å². The van der Waals surface area contributed by atoms with Gasteiger partial charge < -0.3 is 15.0 Å². The van der Waals surface area contributed by atoms with Gasteiger partial charge >= 0.3 is 0 Å². The smallest absolute Gasteiger partial charge is 0.194 e. The summed E-state index contributed by atoms with van der Waals surface area (Å²) in [5.41, 5.74) is 2.72. The van der Waals surface area contributed by atoms with Crippen molar-refractivity contribution < 1.29 is 4.74 Å². The number of likely N-dealkylation sites (tertiary alicyclic amines) is 1. The predicted molar refractivity (Wildman–Crippen MR) is 114 cm³/mol. The van der Waals surface area contributed by atoms with Gasteiger partial charge in [-0.1, -0.05) is 24.3 Å². The average Bonchev–Trinajstić information content (AvgIpc) is 3.15. The van der Waals surface area contributed by atoms with E-state index in [1.165, 1.54) is 24.0 Å². The van der Waals surface area contributed by atoms with Crippen LogP contribution in [0, 0.1) is 0 Å². The molecule has 0 saturated carbocycles. The summed E-state index contributed by atoms with van der Waals surface area (Å²) in [4.78, 5) is 9.76. The number of guanidine groups is 1. The lowest BCUT2D eigenvalue weighted by Crippen LogP contribution is -2.39. The summed E-state index contributed by atoms with van der Waals surface area (Å²) < 4.78 is 5.45. The van der Waals surface area contributed by atoms with Crippen LogP contribution in [0.3, 0.4) is 0 Å². The highest BCUT2D eigenvalue weighted by molar-refractivity contribution is 14.0. The Balaban J connectivity index is 0.00000225. The van der Waals surface area contributed by atoms with Crippen LogP contribution in [0.15, 0.2) is 29.3 Å². The summed E-state index contributed by atoms with van der Waals surface area (Å²) in [7, 11) is 0. The minimum Gasteiger partial charge on any atom is -0.379 e. The van der Waals surface area contributed by atoms with E-state index < -0.39 is 0 Å². The van der Waals surface area contributed by atoms with Gasteiger partial charge in [0.2, 0.25) is 0 Å². The second-order valence-corrected chi connectivity index (χ2v) is 6.52. The molecule has 2 aliphatic heterocycles. The normalized spacial score (nSPS) is 18.9. The van der Waals surface area contributed by atoms with Gasteiger partial charge in [0, 0.05) is 39.3 Å². The van der Waals surface area contributed by atoms with Crippen molar-refractivity contribution in [3.63, 3.8) is 0 Å². The first-order valence-electron chi connectivity index (χ1n) is 9.27. The third kappa shape index (κ3) is 6.11. The monoisotopic (exact) mass is 458 g/mol. The second kappa shape index (κ2) is 11.0. The van der Waals surface area contributed by atoms with Crippen molar-refractivity contribution in [1.82, 2.24) is 15.1 Å². The van der Waals surface area contributed by atoms with Crippen LogP contribution in [0.1, 0.15) is 30.9 Å². The van der Waals surface area contributed by atoms with Gasteiger partial charge in [0.05, 0.1) is 19.8 Å². The van der Waals surface area contributed by atoms with E-state index in [0.717, 1.165) is 65.0 Å². The number of nitrogens with zero attached hydrogens (tertiary/aromatic N) is 3. The highest BCUT2D eigenvalue weighted by Gasteiger charge is 2.16. The molecule has 25 heavy (non-hydrogen) atoms. The molecule has 0 radical (unpaired) electrons. The molecule has 1 aromatic carbocycles. The van der Waals surface area contributed by atoms with Crippen LogP contribution in [0.4, 0.5) is 0 Å². The van der Waals surface area contributed by atoms with Gasteiger partial charge in [0.15, 0.2) is 5.96 Å². The van der Waals surface area contributed by atoms with Gasteiger partial charge in [0.1, 0.15) is 0 Å². The Labute approximate surface area is 168 Å². The number of rotatable bonds is 5. The maximum atomic E-state index is 5.45. The molecule has 0 unspecified atom stereocenters. The SMILES string of the molecule is CCNC(=NCc1ccccc1CN1CCOCC1)N1CCCC1.I. The minimum atomic E-state index is 0. The van der Waals surface area contributed by atoms with E-state index in [1.807, 2.05) is 0 Å². The number of hydrogen-bond acceptors (Lipinski definition) is 3. The fraction of sp³-hybridized carbons (Fsp3) is 0.632. The Morgan fingerprint density at radius 3 is 2.44 bits per heavy atom. The lowest BCUT2D eigenvalue weighted by Gasteiger charge is -2.27. The summed E-state index contributed by atoms with van der Waals surface area (Å²) >= 11 is 0. The molecule has 0 aliphatic carbocycles. The van der Waals surface area contributed by atoms with Gasteiger partial charge in [-0.05, 0) is 30.9 Å². The molecule has 2 saturated heterocycles. The molecule has 2 fully saturated rings. The van der Waals surface area contributed by atoms with Crippen LogP contribution in [0.25, 0.3) is 0 Å². The highest BCUT2D eigenvalue weighted by Crippen LogP contribution is 2.15. The number of halogens is 1. The molecular formula is C19H31IN4O. The first-order chi connectivity index (χ1) is 11.9. The van der Waals surface area contributed by atoms with Crippen molar-refractivity contribution in [2.45, 2.75) is 32.9 Å². The summed E-state index contributed by atoms with van der Waals surface area (Å²) in [6, 6.07) is 8.71. The molecule has 2 heterocycles. The zero-order valence-corrected chi connectivity index (χ0v) is 17.6. The number of hydrogen-bond donors (Lipinski definition) is 1. The van der Waals surface area contributed by atoms with Crippen molar-refractivity contribution in [1.29, 1.82) is 0 Å². The summed E-state index contributed by atoms with van der Waals surface area (Å²) in [6.45, 7) is 10.8. The molecular weight excluding hydrogens is 427 g/mol. The number of nitrogens with one attached hydrogen (secondary N) is 1. The Kier molecular flexibility index (Phi) is 8.98. The third-order valence-corrected chi connectivity index (χ3v) is 4.76. The first-order valence-corrected chi connectivity index (χ1v) is 9.27. The van der Waals surface area contributed by atoms with E-state index in [4.69, 9.17) is 9.73 Å². The van der Waals surface area contributed by atoms with Gasteiger partial charge in [-0.15, -0.1) is 24.0 Å². The lowest BCUT2D eigenvalue weighted by atomic mass is 10.1. The number of morpholine rings is 1. The largest absolute Gasteiger partial charge is 0.379 e. The molecule has 0 atom stereocenters. The fourth-order valence-corrected chi connectivity index (χ4v) is 3.38. The quantitative estimate of drug-likeness (QED) is 0.419. The van der Waals surface area contributed by atoms with Crippen molar-refractivity contribution in [2.75, 3.05) is 45.9 Å². The molecule has 1 N–H and O–H groups in total. The van der Waals surface area contributed by atoms with Gasteiger partial charge in [-0.25, -0.2) is 4.99 Å². The molecule has 0 aromatic heterocycles. The van der Waals surface area contributed by atoms with Crippen LogP contribution in [0.2, 0.25) is 0 Å². The van der Waals surface area contributed by atoms with Crippen LogP contribution < -0.4 is 5.32 Å². The Morgan fingerprint density at radius 1 is 1.08 bits per heavy atom. The van der Waals surface area contributed by atoms with Crippen LogP contribution in [0.5, 0.6) is 0 Å². The number of ether oxygens (including phenoxy) is 1. The molecule has 3 rings (SSSR count). The maximum Gasteiger partial charge on any atom is 0.194 e. The minimum absolute atomic E-state index is 0. The molecule has 0 bridgehead atoms. The highest BCUT2D eigenvalue weighted by atomic mass is 127. The van der Waals surface area contributed by atoms with Gasteiger partial charge in [-0.3, -0.25) is 4.90 Å². The standard InChI is InChI=1S/C19H30N4O.HI/c1-2-20-19(23-9-5-6-10-23)21-15-17-7-3-4-8-18(17)16-22-11-13-24-14-12-22;/h3-4,7-8H,2,5-6,9-16H2,1H3,(H,20,21);1H. The van der Waals surface area contributed by atoms with Gasteiger partial charge in [0.25, 0.3) is 0 Å². The van der Waals surface area contributed by atoms with Crippen molar-refractivity contribution >= 4 is 29.9 Å². The van der Waals surface area contributed by atoms with Crippen LogP contribution >= 0.6 is 24.0 Å². The summed E-state index contributed by atoms with van der Waals surface area (Å²) in [6.07, 6.45) is 2.55. The van der Waals surface area contributed by atoms with Crippen molar-refractivity contribution in [3.05, 3.63) is 35.4 Å². The summed E-state index contributed by atoms with van der Waals surface area (Å²) in [5, 5.41) is 3.44. The zero-order chi connectivity index (χ0) is 16.6. The second-order valence-electron chi connectivity index (χ2n) is 6.52. The topological polar surface area (TPSA) is 40.1 Å². The average molecular weight is 458 g/mol. The van der Waals surface area contributed by atoms with Crippen LogP contribution in [-0.2, 0) is 17.8 Å². The molecule has 2 aliphatic rings. The Morgan fingerprint density at radius 2 is 1.76 bits per heavy atom.